The first kappa shape index (κ1) is 18.1. The molecule has 7 heteroatoms. The van der Waals surface area contributed by atoms with E-state index in [9.17, 15) is 20.1 Å². The number of cyclic esters (lactones) is 1. The quantitative estimate of drug-likeness (QED) is 0.420. The van der Waals surface area contributed by atoms with Crippen LogP contribution in [0.2, 0.25) is 0 Å². The van der Waals surface area contributed by atoms with Crippen LogP contribution >= 0.6 is 0 Å². The molecule has 24 heavy (non-hydrogen) atoms. The minimum atomic E-state index is -1.42. The summed E-state index contributed by atoms with van der Waals surface area (Å²) in [6.07, 6.45) is 1.12. The Morgan fingerprint density at radius 3 is 2.67 bits per heavy atom. The van der Waals surface area contributed by atoms with Gasteiger partial charge >= 0.3 is 5.97 Å². The largest absolute Gasteiger partial charge is 0.508 e. The molecule has 0 fully saturated rings. The average molecular weight is 338 g/mol. The number of phenols is 1. The van der Waals surface area contributed by atoms with Crippen molar-refractivity contribution >= 4 is 5.97 Å². The molecule has 4 N–H and O–H groups in total. The molecule has 0 saturated heterocycles. The van der Waals surface area contributed by atoms with Crippen molar-refractivity contribution < 1.29 is 34.7 Å². The molecule has 0 spiro atoms. The van der Waals surface area contributed by atoms with Crippen LogP contribution in [-0.4, -0.2) is 45.2 Å². The Labute approximate surface area is 139 Å². The van der Waals surface area contributed by atoms with E-state index in [4.69, 9.17) is 14.6 Å². The van der Waals surface area contributed by atoms with Crippen molar-refractivity contribution in [1.29, 1.82) is 0 Å². The summed E-state index contributed by atoms with van der Waals surface area (Å²) in [5, 5.41) is 38.3. The molecule has 132 valence electrons. The third-order valence-electron chi connectivity index (χ3n) is 3.70. The van der Waals surface area contributed by atoms with Gasteiger partial charge in [-0.05, 0) is 30.5 Å². The van der Waals surface area contributed by atoms with Crippen molar-refractivity contribution in [2.45, 2.75) is 44.8 Å². The zero-order valence-electron chi connectivity index (χ0n) is 13.4. The van der Waals surface area contributed by atoms with Gasteiger partial charge in [0.2, 0.25) is 5.76 Å². The fraction of sp³-hybridized carbons (Fsp3) is 0.471. The smallest absolute Gasteiger partial charge is 0.378 e. The van der Waals surface area contributed by atoms with Crippen molar-refractivity contribution in [3.05, 3.63) is 35.3 Å². The third kappa shape index (κ3) is 4.18. The van der Waals surface area contributed by atoms with Gasteiger partial charge in [-0.25, -0.2) is 4.79 Å². The van der Waals surface area contributed by atoms with Crippen LogP contribution in [0.1, 0.15) is 31.7 Å². The highest BCUT2D eigenvalue weighted by molar-refractivity contribution is 5.89. The number of ether oxygens (including phenoxy) is 2. The number of carbonyl (C=O) groups excluding carboxylic acids is 1. The molecule has 7 nitrogen and oxygen atoms in total. The summed E-state index contributed by atoms with van der Waals surface area (Å²) < 4.78 is 10.3. The second kappa shape index (κ2) is 8.03. The highest BCUT2D eigenvalue weighted by Crippen LogP contribution is 2.30. The lowest BCUT2D eigenvalue weighted by Gasteiger charge is -2.18. The highest BCUT2D eigenvalue weighted by atomic mass is 16.6. The van der Waals surface area contributed by atoms with Crippen LogP contribution in [0.15, 0.2) is 29.7 Å². The summed E-state index contributed by atoms with van der Waals surface area (Å²) in [4.78, 5) is 11.5. The number of unbranched alkanes of at least 4 members (excludes halogenated alkanes) is 2. The third-order valence-corrected chi connectivity index (χ3v) is 3.70. The van der Waals surface area contributed by atoms with Gasteiger partial charge < -0.3 is 29.9 Å². The summed E-state index contributed by atoms with van der Waals surface area (Å²) in [5.41, 5.74) is 0.850. The van der Waals surface area contributed by atoms with Gasteiger partial charge in [-0.15, -0.1) is 0 Å². The first-order valence-electron chi connectivity index (χ1n) is 7.90. The Hall–Kier alpha value is -2.25. The number of aromatic hydroxyl groups is 1. The molecule has 0 unspecified atom stereocenters. The maximum atomic E-state index is 11.5. The average Bonchev–Trinajstić information content (AvgIpc) is 2.82. The van der Waals surface area contributed by atoms with Crippen molar-refractivity contribution in [2.75, 3.05) is 6.61 Å². The molecule has 0 saturated carbocycles. The lowest BCUT2D eigenvalue weighted by atomic mass is 10.1. The van der Waals surface area contributed by atoms with Crippen LogP contribution in [0.4, 0.5) is 0 Å². The molecule has 0 bridgehead atoms. The second-order valence-corrected chi connectivity index (χ2v) is 5.68. The van der Waals surface area contributed by atoms with Gasteiger partial charge in [-0.2, -0.15) is 0 Å². The number of carbonyl (C=O) groups is 1. The van der Waals surface area contributed by atoms with Gasteiger partial charge in [0.25, 0.3) is 0 Å². The molecule has 1 aromatic carbocycles. The van der Waals surface area contributed by atoms with E-state index >= 15 is 0 Å². The fourth-order valence-corrected chi connectivity index (χ4v) is 2.47. The van der Waals surface area contributed by atoms with Gasteiger partial charge in [0.05, 0.1) is 6.61 Å². The van der Waals surface area contributed by atoms with E-state index in [-0.39, 0.29) is 17.3 Å². The van der Waals surface area contributed by atoms with Gasteiger partial charge in [0, 0.05) is 6.07 Å². The van der Waals surface area contributed by atoms with Crippen molar-refractivity contribution in [1.82, 2.24) is 0 Å². The van der Waals surface area contributed by atoms with Crippen molar-refractivity contribution in [3.8, 4) is 11.5 Å². The van der Waals surface area contributed by atoms with Crippen LogP contribution < -0.4 is 4.74 Å². The number of benzene rings is 1. The molecule has 2 rings (SSSR count). The Kier molecular flexibility index (Phi) is 6.05. The maximum Gasteiger partial charge on any atom is 0.378 e. The van der Waals surface area contributed by atoms with E-state index in [1.807, 2.05) is 0 Å². The number of rotatable bonds is 8. The first-order valence-corrected chi connectivity index (χ1v) is 7.90. The Bertz CT molecular complexity index is 623. The van der Waals surface area contributed by atoms with E-state index in [2.05, 4.69) is 6.92 Å². The summed E-state index contributed by atoms with van der Waals surface area (Å²) >= 11 is 0. The second-order valence-electron chi connectivity index (χ2n) is 5.68. The Morgan fingerprint density at radius 1 is 1.25 bits per heavy atom. The molecule has 0 aromatic heterocycles. The number of hydrogen-bond acceptors (Lipinski definition) is 7. The van der Waals surface area contributed by atoms with Gasteiger partial charge in [-0.1, -0.05) is 19.8 Å². The van der Waals surface area contributed by atoms with Crippen LogP contribution in [-0.2, 0) is 16.0 Å². The van der Waals surface area contributed by atoms with Crippen LogP contribution in [0.3, 0.4) is 0 Å². The van der Waals surface area contributed by atoms with Crippen molar-refractivity contribution in [2.24, 2.45) is 0 Å². The molecular weight excluding hydrogens is 316 g/mol. The van der Waals surface area contributed by atoms with Crippen LogP contribution in [0.25, 0.3) is 0 Å². The van der Waals surface area contributed by atoms with Crippen LogP contribution in [0, 0.1) is 0 Å². The zero-order valence-corrected chi connectivity index (χ0v) is 13.4. The van der Waals surface area contributed by atoms with E-state index in [1.165, 1.54) is 6.07 Å². The van der Waals surface area contributed by atoms with E-state index in [0.717, 1.165) is 31.2 Å². The van der Waals surface area contributed by atoms with Gasteiger partial charge in [-0.3, -0.25) is 0 Å². The number of phenolic OH excluding ortho intramolecular Hbond substituents is 1. The molecule has 1 heterocycles. The lowest BCUT2D eigenvalue weighted by molar-refractivity contribution is -0.147. The fourth-order valence-electron chi connectivity index (χ4n) is 2.47. The molecule has 0 radical (unpaired) electrons. The minimum absolute atomic E-state index is 0.0106. The molecule has 2 atom stereocenters. The first-order chi connectivity index (χ1) is 11.5. The summed E-state index contributed by atoms with van der Waals surface area (Å²) in [6.45, 7) is 1.43. The Morgan fingerprint density at radius 2 is 2.00 bits per heavy atom. The highest BCUT2D eigenvalue weighted by Gasteiger charge is 2.41. The summed E-state index contributed by atoms with van der Waals surface area (Å²) in [5.74, 6) is -1.89. The summed E-state index contributed by atoms with van der Waals surface area (Å²) in [6, 6.07) is 4.63. The number of hydrogen-bond donors (Lipinski definition) is 4. The molecule has 1 aliphatic heterocycles. The Balaban J connectivity index is 2.20. The number of aliphatic hydroxyl groups is 3. The minimum Gasteiger partial charge on any atom is -0.508 e. The number of aryl methyl sites for hydroxylation is 1. The monoisotopic (exact) mass is 338 g/mol. The zero-order chi connectivity index (χ0) is 17.7. The lowest BCUT2D eigenvalue weighted by Crippen LogP contribution is -2.33. The predicted octanol–water partition coefficient (Wildman–Crippen LogP) is 1.55. The summed E-state index contributed by atoms with van der Waals surface area (Å²) in [7, 11) is 0. The van der Waals surface area contributed by atoms with Crippen LogP contribution in [0.5, 0.6) is 11.5 Å². The van der Waals surface area contributed by atoms with Gasteiger partial charge in [0.1, 0.15) is 17.6 Å². The molecule has 0 aliphatic carbocycles. The number of aliphatic hydroxyl groups excluding tert-OH is 3. The maximum absolute atomic E-state index is 11.5. The topological polar surface area (TPSA) is 116 Å². The standard InChI is InChI=1S/C17H22O7/c1-2-3-4-5-10-6-11(19)8-12(7-10)23-16-14(21)17(22)24-15(16)13(20)9-18/h6-8,13,15,18-21H,2-5,9H2,1H3/t13-,15+/m0/s1. The SMILES string of the molecule is CCCCCc1cc(O)cc(OC2=C(O)C(=O)O[C@@H]2[C@@H](O)CO)c1. The van der Waals surface area contributed by atoms with E-state index < -0.39 is 30.5 Å². The predicted molar refractivity (Wildman–Crippen MR) is 84.6 cm³/mol. The van der Waals surface area contributed by atoms with E-state index in [1.54, 1.807) is 12.1 Å². The van der Waals surface area contributed by atoms with Crippen molar-refractivity contribution in [3.63, 3.8) is 0 Å². The van der Waals surface area contributed by atoms with Gasteiger partial charge in [0.15, 0.2) is 11.9 Å². The molecule has 1 aliphatic rings. The molecule has 0 amide bonds. The number of esters is 1. The molecular formula is C17H22O7. The van der Waals surface area contributed by atoms with E-state index in [0.29, 0.717) is 0 Å². The normalized spacial score (nSPS) is 18.6. The molecule has 1 aromatic rings.